The monoisotopic (exact) mass is 276 g/mol. The quantitative estimate of drug-likeness (QED) is 0.839. The summed E-state index contributed by atoms with van der Waals surface area (Å²) in [5.41, 5.74) is 7.61. The summed E-state index contributed by atoms with van der Waals surface area (Å²) in [6, 6.07) is 7.79. The van der Waals surface area contributed by atoms with E-state index in [0.29, 0.717) is 12.3 Å². The number of benzene rings is 1. The zero-order chi connectivity index (χ0) is 14.5. The third kappa shape index (κ3) is 3.73. The zero-order valence-electron chi connectivity index (χ0n) is 12.3. The summed E-state index contributed by atoms with van der Waals surface area (Å²) < 4.78 is 5.17. The Morgan fingerprint density at radius 1 is 1.45 bits per heavy atom. The molecule has 1 aromatic carbocycles. The van der Waals surface area contributed by atoms with Crippen LogP contribution >= 0.6 is 0 Å². The number of nitrogens with two attached hydrogens (primary N) is 1. The first-order valence-corrected chi connectivity index (χ1v) is 7.22. The van der Waals surface area contributed by atoms with Crippen LogP contribution in [0.2, 0.25) is 0 Å². The molecule has 0 saturated carbocycles. The SMILES string of the molecule is COCC1CCN(C(=O)CC(C)c2ccc(N)cc2)C1. The van der Waals surface area contributed by atoms with Crippen molar-refractivity contribution in [1.82, 2.24) is 4.90 Å². The van der Waals surface area contributed by atoms with Crippen molar-refractivity contribution in [3.05, 3.63) is 29.8 Å². The molecule has 1 saturated heterocycles. The number of rotatable bonds is 5. The molecule has 0 radical (unpaired) electrons. The first-order chi connectivity index (χ1) is 9.60. The Balaban J connectivity index is 1.86. The van der Waals surface area contributed by atoms with E-state index in [0.717, 1.165) is 31.8 Å². The fourth-order valence-corrected chi connectivity index (χ4v) is 2.76. The second kappa shape index (κ2) is 6.75. The number of amides is 1. The molecule has 2 unspecified atom stereocenters. The van der Waals surface area contributed by atoms with Gasteiger partial charge in [-0.25, -0.2) is 0 Å². The first-order valence-electron chi connectivity index (χ1n) is 7.22. The van der Waals surface area contributed by atoms with E-state index in [1.165, 1.54) is 5.56 Å². The maximum atomic E-state index is 12.3. The van der Waals surface area contributed by atoms with Gasteiger partial charge in [-0.2, -0.15) is 0 Å². The molecule has 1 amide bonds. The number of hydrogen-bond donors (Lipinski definition) is 1. The van der Waals surface area contributed by atoms with Crippen molar-refractivity contribution in [1.29, 1.82) is 0 Å². The minimum absolute atomic E-state index is 0.226. The highest BCUT2D eigenvalue weighted by Crippen LogP contribution is 2.23. The molecule has 2 N–H and O–H groups in total. The van der Waals surface area contributed by atoms with Crippen LogP contribution in [0.4, 0.5) is 5.69 Å². The lowest BCUT2D eigenvalue weighted by molar-refractivity contribution is -0.130. The number of carbonyl (C=O) groups excluding carboxylic acids is 1. The van der Waals surface area contributed by atoms with E-state index in [1.807, 2.05) is 29.2 Å². The Morgan fingerprint density at radius 3 is 2.80 bits per heavy atom. The van der Waals surface area contributed by atoms with Crippen molar-refractivity contribution in [3.63, 3.8) is 0 Å². The number of ether oxygens (including phenoxy) is 1. The predicted octanol–water partition coefficient (Wildman–Crippen LogP) is 2.26. The number of methoxy groups -OCH3 is 1. The van der Waals surface area contributed by atoms with E-state index in [-0.39, 0.29) is 11.8 Å². The number of nitrogen functional groups attached to an aromatic ring is 1. The van der Waals surface area contributed by atoms with Crippen molar-refractivity contribution in [2.24, 2.45) is 5.92 Å². The van der Waals surface area contributed by atoms with E-state index in [1.54, 1.807) is 7.11 Å². The Bertz CT molecular complexity index is 444. The molecule has 2 atom stereocenters. The first kappa shape index (κ1) is 14.9. The lowest BCUT2D eigenvalue weighted by Crippen LogP contribution is -2.30. The lowest BCUT2D eigenvalue weighted by atomic mass is 9.97. The Hall–Kier alpha value is -1.55. The van der Waals surface area contributed by atoms with E-state index in [4.69, 9.17) is 10.5 Å². The third-order valence-electron chi connectivity index (χ3n) is 4.03. The molecule has 1 aromatic rings. The fourth-order valence-electron chi connectivity index (χ4n) is 2.76. The molecule has 0 spiro atoms. The van der Waals surface area contributed by atoms with Crippen molar-refractivity contribution in [2.75, 3.05) is 32.5 Å². The van der Waals surface area contributed by atoms with Crippen molar-refractivity contribution in [2.45, 2.75) is 25.7 Å². The molecule has 0 aliphatic carbocycles. The van der Waals surface area contributed by atoms with Gasteiger partial charge in [0.2, 0.25) is 5.91 Å². The van der Waals surface area contributed by atoms with Crippen LogP contribution in [0, 0.1) is 5.92 Å². The minimum atomic E-state index is 0.226. The summed E-state index contributed by atoms with van der Waals surface area (Å²) in [4.78, 5) is 14.3. The molecular weight excluding hydrogens is 252 g/mol. The molecular formula is C16H24N2O2. The molecule has 110 valence electrons. The van der Waals surface area contributed by atoms with Crippen LogP contribution in [-0.2, 0) is 9.53 Å². The molecule has 4 heteroatoms. The Morgan fingerprint density at radius 2 is 2.15 bits per heavy atom. The van der Waals surface area contributed by atoms with Gasteiger partial charge in [0.15, 0.2) is 0 Å². The molecule has 0 bridgehead atoms. The van der Waals surface area contributed by atoms with Gasteiger partial charge in [0.1, 0.15) is 0 Å². The van der Waals surface area contributed by atoms with Crippen LogP contribution in [0.1, 0.15) is 31.2 Å². The van der Waals surface area contributed by atoms with Gasteiger partial charge >= 0.3 is 0 Å². The van der Waals surface area contributed by atoms with Gasteiger partial charge < -0.3 is 15.4 Å². The molecule has 0 aromatic heterocycles. The standard InChI is InChI=1S/C16H24N2O2/c1-12(14-3-5-15(17)6-4-14)9-16(19)18-8-7-13(10-18)11-20-2/h3-6,12-13H,7-11,17H2,1-2H3. The van der Waals surface area contributed by atoms with Crippen LogP contribution in [-0.4, -0.2) is 37.6 Å². The van der Waals surface area contributed by atoms with Crippen molar-refractivity contribution >= 4 is 11.6 Å². The van der Waals surface area contributed by atoms with Gasteiger partial charge in [-0.15, -0.1) is 0 Å². The van der Waals surface area contributed by atoms with Crippen LogP contribution in [0.5, 0.6) is 0 Å². The lowest BCUT2D eigenvalue weighted by Gasteiger charge is -2.19. The van der Waals surface area contributed by atoms with Gasteiger partial charge in [0.05, 0.1) is 6.61 Å². The smallest absolute Gasteiger partial charge is 0.223 e. The Kier molecular flexibility index (Phi) is 5.01. The number of anilines is 1. The summed E-state index contributed by atoms with van der Waals surface area (Å²) in [5.74, 6) is 0.966. The van der Waals surface area contributed by atoms with Crippen LogP contribution < -0.4 is 5.73 Å². The average molecular weight is 276 g/mol. The van der Waals surface area contributed by atoms with Crippen LogP contribution in [0.15, 0.2) is 24.3 Å². The van der Waals surface area contributed by atoms with Crippen LogP contribution in [0.25, 0.3) is 0 Å². The normalized spacial score (nSPS) is 20.1. The van der Waals surface area contributed by atoms with Gasteiger partial charge in [-0.3, -0.25) is 4.79 Å². The second-order valence-corrected chi connectivity index (χ2v) is 5.72. The van der Waals surface area contributed by atoms with E-state index >= 15 is 0 Å². The summed E-state index contributed by atoms with van der Waals surface area (Å²) in [6.45, 7) is 4.53. The summed E-state index contributed by atoms with van der Waals surface area (Å²) in [6.07, 6.45) is 1.61. The van der Waals surface area contributed by atoms with Crippen molar-refractivity contribution in [3.8, 4) is 0 Å². The van der Waals surface area contributed by atoms with Crippen molar-refractivity contribution < 1.29 is 9.53 Å². The number of hydrogen-bond acceptors (Lipinski definition) is 3. The highest BCUT2D eigenvalue weighted by molar-refractivity contribution is 5.77. The number of carbonyl (C=O) groups is 1. The van der Waals surface area contributed by atoms with Gasteiger partial charge in [-0.1, -0.05) is 19.1 Å². The Labute approximate surface area is 120 Å². The average Bonchev–Trinajstić information content (AvgIpc) is 2.88. The molecule has 20 heavy (non-hydrogen) atoms. The topological polar surface area (TPSA) is 55.6 Å². The highest BCUT2D eigenvalue weighted by Gasteiger charge is 2.26. The summed E-state index contributed by atoms with van der Waals surface area (Å²) in [5, 5.41) is 0. The summed E-state index contributed by atoms with van der Waals surface area (Å²) in [7, 11) is 1.72. The fraction of sp³-hybridized carbons (Fsp3) is 0.562. The molecule has 1 heterocycles. The van der Waals surface area contributed by atoms with Gasteiger partial charge in [-0.05, 0) is 30.0 Å². The minimum Gasteiger partial charge on any atom is -0.399 e. The molecule has 1 fully saturated rings. The van der Waals surface area contributed by atoms with E-state index in [9.17, 15) is 4.79 Å². The van der Waals surface area contributed by atoms with E-state index in [2.05, 4.69) is 6.92 Å². The zero-order valence-corrected chi connectivity index (χ0v) is 12.3. The molecule has 1 aliphatic rings. The van der Waals surface area contributed by atoms with E-state index < -0.39 is 0 Å². The highest BCUT2D eigenvalue weighted by atomic mass is 16.5. The number of nitrogens with zero attached hydrogens (tertiary/aromatic N) is 1. The molecule has 4 nitrogen and oxygen atoms in total. The third-order valence-corrected chi connectivity index (χ3v) is 4.03. The van der Waals surface area contributed by atoms with Gasteiger partial charge in [0, 0.05) is 38.2 Å². The largest absolute Gasteiger partial charge is 0.399 e. The molecule has 2 rings (SSSR count). The second-order valence-electron chi connectivity index (χ2n) is 5.72. The predicted molar refractivity (Wildman–Crippen MR) is 80.4 cm³/mol. The van der Waals surface area contributed by atoms with Crippen LogP contribution in [0.3, 0.4) is 0 Å². The number of likely N-dealkylation sites (tertiary alicyclic amines) is 1. The molecule has 1 aliphatic heterocycles. The maximum Gasteiger partial charge on any atom is 0.223 e. The summed E-state index contributed by atoms with van der Waals surface area (Å²) >= 11 is 0. The van der Waals surface area contributed by atoms with Gasteiger partial charge in [0.25, 0.3) is 0 Å². The maximum absolute atomic E-state index is 12.3.